The highest BCUT2D eigenvalue weighted by Crippen LogP contribution is 2.33. The maximum atomic E-state index is 14.2. The van der Waals surface area contributed by atoms with Crippen molar-refractivity contribution in [1.29, 1.82) is 5.26 Å². The van der Waals surface area contributed by atoms with Gasteiger partial charge in [-0.1, -0.05) is 18.2 Å². The van der Waals surface area contributed by atoms with Crippen LogP contribution in [0.4, 0.5) is 4.39 Å². The fourth-order valence-electron chi connectivity index (χ4n) is 2.60. The maximum absolute atomic E-state index is 14.2. The lowest BCUT2D eigenvalue weighted by Crippen LogP contribution is -2.01. The first-order chi connectivity index (χ1) is 11.9. The molecule has 2 aromatic carbocycles. The molecule has 0 bridgehead atoms. The Kier molecular flexibility index (Phi) is 4.34. The molecule has 3 aromatic rings. The van der Waals surface area contributed by atoms with Crippen LogP contribution in [0.5, 0.6) is 0 Å². The minimum Gasteiger partial charge on any atom is -0.264 e. The highest BCUT2D eigenvalue weighted by Gasteiger charge is 2.16. The number of pyridine rings is 1. The lowest BCUT2D eigenvalue weighted by molar-refractivity contribution is 0.571. The molecule has 6 heteroatoms. The van der Waals surface area contributed by atoms with Gasteiger partial charge in [0, 0.05) is 24.2 Å². The number of hydrogen-bond acceptors (Lipinski definition) is 4. The van der Waals surface area contributed by atoms with Crippen LogP contribution in [0.15, 0.2) is 65.8 Å². The Morgan fingerprint density at radius 2 is 1.80 bits per heavy atom. The Morgan fingerprint density at radius 3 is 2.48 bits per heavy atom. The van der Waals surface area contributed by atoms with Gasteiger partial charge in [-0.2, -0.15) is 5.26 Å². The average molecular weight is 352 g/mol. The van der Waals surface area contributed by atoms with Crippen LogP contribution >= 0.6 is 0 Å². The topological polar surface area (TPSA) is 70.8 Å². The van der Waals surface area contributed by atoms with E-state index in [4.69, 9.17) is 5.26 Å². The van der Waals surface area contributed by atoms with Gasteiger partial charge in [-0.05, 0) is 47.0 Å². The van der Waals surface area contributed by atoms with E-state index in [2.05, 4.69) is 11.1 Å². The van der Waals surface area contributed by atoms with E-state index >= 15 is 0 Å². The van der Waals surface area contributed by atoms with Crippen molar-refractivity contribution in [3.8, 4) is 28.3 Å². The zero-order valence-electron chi connectivity index (χ0n) is 13.3. The van der Waals surface area contributed by atoms with E-state index in [-0.39, 0.29) is 4.90 Å². The van der Waals surface area contributed by atoms with Crippen LogP contribution < -0.4 is 0 Å². The summed E-state index contributed by atoms with van der Waals surface area (Å²) in [5.74, 6) is -0.805. The van der Waals surface area contributed by atoms with Crippen LogP contribution in [0.25, 0.3) is 22.3 Å². The predicted octanol–water partition coefficient (Wildman–Crippen LogP) is 3.83. The Labute approximate surface area is 145 Å². The Bertz CT molecular complexity index is 1100. The first-order valence-electron chi connectivity index (χ1n) is 7.34. The molecule has 0 N–H and O–H groups in total. The molecule has 0 aliphatic rings. The molecule has 4 nitrogen and oxygen atoms in total. The average Bonchev–Trinajstić information content (AvgIpc) is 2.60. The number of aromatic nitrogens is 1. The van der Waals surface area contributed by atoms with E-state index in [1.165, 1.54) is 12.1 Å². The number of nitrogens with zero attached hydrogens (tertiary/aromatic N) is 2. The van der Waals surface area contributed by atoms with Crippen molar-refractivity contribution in [2.24, 2.45) is 0 Å². The molecule has 25 heavy (non-hydrogen) atoms. The number of nitriles is 1. The van der Waals surface area contributed by atoms with Crippen molar-refractivity contribution in [2.45, 2.75) is 4.90 Å². The highest BCUT2D eigenvalue weighted by atomic mass is 32.2. The molecule has 0 saturated carbocycles. The second-order valence-electron chi connectivity index (χ2n) is 5.53. The van der Waals surface area contributed by atoms with Gasteiger partial charge < -0.3 is 0 Å². The SMILES string of the molecule is CS(=O)(=O)c1ccc(-c2cnccc2-c2cccc(C#N)c2)cc1F. The van der Waals surface area contributed by atoms with Gasteiger partial charge in [0.25, 0.3) is 0 Å². The largest absolute Gasteiger partial charge is 0.264 e. The molecule has 1 aromatic heterocycles. The summed E-state index contributed by atoms with van der Waals surface area (Å²) < 4.78 is 37.4. The summed E-state index contributed by atoms with van der Waals surface area (Å²) in [6.07, 6.45) is 4.16. The molecule has 3 rings (SSSR count). The van der Waals surface area contributed by atoms with Gasteiger partial charge in [-0.3, -0.25) is 4.98 Å². The van der Waals surface area contributed by atoms with Gasteiger partial charge in [-0.15, -0.1) is 0 Å². The molecule has 0 radical (unpaired) electrons. The van der Waals surface area contributed by atoms with Crippen molar-refractivity contribution in [2.75, 3.05) is 6.26 Å². The monoisotopic (exact) mass is 352 g/mol. The van der Waals surface area contributed by atoms with Gasteiger partial charge in [0.05, 0.1) is 11.6 Å². The number of sulfone groups is 1. The molecule has 0 unspecified atom stereocenters. The van der Waals surface area contributed by atoms with Crippen LogP contribution in [0, 0.1) is 17.1 Å². The summed E-state index contributed by atoms with van der Waals surface area (Å²) in [6, 6.07) is 14.9. The van der Waals surface area contributed by atoms with E-state index in [1.807, 2.05) is 6.07 Å². The molecule has 0 saturated heterocycles. The minimum atomic E-state index is -3.63. The molecule has 124 valence electrons. The van der Waals surface area contributed by atoms with E-state index in [9.17, 15) is 12.8 Å². The summed E-state index contributed by atoms with van der Waals surface area (Å²) in [6.45, 7) is 0. The number of halogens is 1. The number of hydrogen-bond donors (Lipinski definition) is 0. The lowest BCUT2D eigenvalue weighted by Gasteiger charge is -2.11. The third-order valence-corrected chi connectivity index (χ3v) is 4.90. The van der Waals surface area contributed by atoms with Crippen molar-refractivity contribution in [3.05, 3.63) is 72.3 Å². The lowest BCUT2D eigenvalue weighted by atomic mass is 9.95. The molecular weight excluding hydrogens is 339 g/mol. The van der Waals surface area contributed by atoms with E-state index in [1.54, 1.807) is 42.7 Å². The molecule has 0 atom stereocenters. The quantitative estimate of drug-likeness (QED) is 0.718. The summed E-state index contributed by atoms with van der Waals surface area (Å²) in [5, 5.41) is 9.07. The third kappa shape index (κ3) is 3.42. The molecule has 0 fully saturated rings. The van der Waals surface area contributed by atoms with Crippen molar-refractivity contribution >= 4 is 9.84 Å². The van der Waals surface area contributed by atoms with Crippen molar-refractivity contribution in [3.63, 3.8) is 0 Å². The van der Waals surface area contributed by atoms with Crippen LogP contribution in [0.3, 0.4) is 0 Å². The molecule has 0 amide bonds. The van der Waals surface area contributed by atoms with E-state index in [0.29, 0.717) is 16.7 Å². The Morgan fingerprint density at radius 1 is 1.04 bits per heavy atom. The molecule has 0 spiro atoms. The van der Waals surface area contributed by atoms with E-state index < -0.39 is 15.7 Å². The van der Waals surface area contributed by atoms with Crippen LogP contribution in [-0.2, 0) is 9.84 Å². The minimum absolute atomic E-state index is 0.340. The van der Waals surface area contributed by atoms with Gasteiger partial charge in [0.2, 0.25) is 0 Å². The summed E-state index contributed by atoms with van der Waals surface area (Å²) in [5.41, 5.74) is 3.24. The summed E-state index contributed by atoms with van der Waals surface area (Å²) in [7, 11) is -3.63. The molecule has 1 heterocycles. The number of rotatable bonds is 3. The van der Waals surface area contributed by atoms with Crippen molar-refractivity contribution < 1.29 is 12.8 Å². The highest BCUT2D eigenvalue weighted by molar-refractivity contribution is 7.90. The van der Waals surface area contributed by atoms with Gasteiger partial charge >= 0.3 is 0 Å². The Balaban J connectivity index is 2.17. The molecular formula is C19H13FN2O2S. The first kappa shape index (κ1) is 16.8. The first-order valence-corrected chi connectivity index (χ1v) is 9.24. The smallest absolute Gasteiger partial charge is 0.178 e. The zero-order valence-corrected chi connectivity index (χ0v) is 14.1. The molecule has 0 aliphatic carbocycles. The van der Waals surface area contributed by atoms with Gasteiger partial charge in [0.15, 0.2) is 9.84 Å². The van der Waals surface area contributed by atoms with Gasteiger partial charge in [0.1, 0.15) is 10.7 Å². The standard InChI is InChI=1S/C19H13FN2O2S/c1-25(23,24)19-6-5-15(10-18(19)20)17-12-22-8-7-16(17)14-4-2-3-13(9-14)11-21/h2-10,12H,1H3. The second-order valence-corrected chi connectivity index (χ2v) is 7.52. The summed E-state index contributed by atoms with van der Waals surface area (Å²) >= 11 is 0. The van der Waals surface area contributed by atoms with Gasteiger partial charge in [-0.25, -0.2) is 12.8 Å². The zero-order chi connectivity index (χ0) is 18.0. The molecule has 0 aliphatic heterocycles. The van der Waals surface area contributed by atoms with Crippen LogP contribution in [0.2, 0.25) is 0 Å². The third-order valence-electron chi connectivity index (χ3n) is 3.77. The maximum Gasteiger partial charge on any atom is 0.178 e. The predicted molar refractivity (Wildman–Crippen MR) is 92.9 cm³/mol. The van der Waals surface area contributed by atoms with Crippen molar-refractivity contribution in [1.82, 2.24) is 4.98 Å². The van der Waals surface area contributed by atoms with Crippen LogP contribution in [-0.4, -0.2) is 19.7 Å². The Hall–Kier alpha value is -3.04. The second kappa shape index (κ2) is 6.46. The summed E-state index contributed by atoms with van der Waals surface area (Å²) in [4.78, 5) is 3.75. The fourth-order valence-corrected chi connectivity index (χ4v) is 3.33. The fraction of sp³-hybridized carbons (Fsp3) is 0.0526. The van der Waals surface area contributed by atoms with Crippen LogP contribution in [0.1, 0.15) is 5.56 Å². The number of benzene rings is 2. The van der Waals surface area contributed by atoms with E-state index in [0.717, 1.165) is 17.4 Å². The normalized spacial score (nSPS) is 11.1.